The molecule has 0 aromatic carbocycles. The third-order valence-corrected chi connectivity index (χ3v) is 2.51. The van der Waals surface area contributed by atoms with E-state index in [9.17, 15) is 4.39 Å². The number of alkyl halides is 1. The van der Waals surface area contributed by atoms with Gasteiger partial charge in [-0.15, -0.1) is 0 Å². The number of rotatable bonds is 4. The molecule has 0 radical (unpaired) electrons. The quantitative estimate of drug-likeness (QED) is 0.699. The van der Waals surface area contributed by atoms with E-state index in [1.54, 1.807) is 0 Å². The minimum Gasteiger partial charge on any atom is -0.376 e. The molecule has 1 fully saturated rings. The molecule has 1 N–H and O–H groups in total. The van der Waals surface area contributed by atoms with Gasteiger partial charge in [0.15, 0.2) is 0 Å². The lowest BCUT2D eigenvalue weighted by molar-refractivity contribution is 0.0164. The lowest BCUT2D eigenvalue weighted by Gasteiger charge is -2.27. The van der Waals surface area contributed by atoms with Gasteiger partial charge >= 0.3 is 0 Å². The van der Waals surface area contributed by atoms with Crippen molar-refractivity contribution >= 4 is 0 Å². The van der Waals surface area contributed by atoms with E-state index in [1.807, 2.05) is 7.05 Å². The first-order chi connectivity index (χ1) is 5.86. The van der Waals surface area contributed by atoms with Gasteiger partial charge in [0.25, 0.3) is 0 Å². The maximum Gasteiger partial charge on any atom is 0.113 e. The van der Waals surface area contributed by atoms with Gasteiger partial charge in [0.1, 0.15) is 6.67 Å². The number of hydrogen-bond donors (Lipinski definition) is 1. The Balaban J connectivity index is 2.09. The van der Waals surface area contributed by atoms with Crippen LogP contribution in [0.1, 0.15) is 25.7 Å². The van der Waals surface area contributed by atoms with Crippen LogP contribution in [0.4, 0.5) is 4.39 Å². The first-order valence-corrected chi connectivity index (χ1v) is 4.71. The maximum atomic E-state index is 11.8. The summed E-state index contributed by atoms with van der Waals surface area (Å²) in [7, 11) is 1.99. The fraction of sp³-hybridized carbons (Fsp3) is 1.00. The van der Waals surface area contributed by atoms with E-state index >= 15 is 0 Å². The summed E-state index contributed by atoms with van der Waals surface area (Å²) >= 11 is 0. The topological polar surface area (TPSA) is 21.3 Å². The molecule has 1 rings (SSSR count). The third kappa shape index (κ3) is 3.07. The van der Waals surface area contributed by atoms with Crippen LogP contribution in [0.5, 0.6) is 0 Å². The van der Waals surface area contributed by atoms with Crippen molar-refractivity contribution in [2.75, 3.05) is 20.3 Å². The smallest absolute Gasteiger partial charge is 0.113 e. The lowest BCUT2D eigenvalue weighted by Crippen LogP contribution is -2.33. The fourth-order valence-corrected chi connectivity index (χ4v) is 1.73. The van der Waals surface area contributed by atoms with Crippen molar-refractivity contribution < 1.29 is 9.13 Å². The van der Waals surface area contributed by atoms with E-state index in [2.05, 4.69) is 5.32 Å². The van der Waals surface area contributed by atoms with Gasteiger partial charge in [0.05, 0.1) is 12.7 Å². The van der Waals surface area contributed by atoms with Crippen molar-refractivity contribution in [2.24, 2.45) is 0 Å². The summed E-state index contributed by atoms with van der Waals surface area (Å²) in [4.78, 5) is 0. The largest absolute Gasteiger partial charge is 0.376 e. The highest BCUT2D eigenvalue weighted by Gasteiger charge is 2.19. The summed E-state index contributed by atoms with van der Waals surface area (Å²) in [6.45, 7) is -0.0825. The average molecular weight is 175 g/mol. The van der Waals surface area contributed by atoms with E-state index < -0.39 is 0 Å². The summed E-state index contributed by atoms with van der Waals surface area (Å²) in [5, 5.41) is 3.25. The van der Waals surface area contributed by atoms with Gasteiger partial charge in [0.2, 0.25) is 0 Å². The molecule has 2 nitrogen and oxygen atoms in total. The van der Waals surface area contributed by atoms with Crippen LogP contribution in [-0.2, 0) is 4.74 Å². The maximum absolute atomic E-state index is 11.8. The summed E-state index contributed by atoms with van der Waals surface area (Å²) in [6, 6.07) is 0.648. The van der Waals surface area contributed by atoms with Crippen LogP contribution in [0.15, 0.2) is 0 Å². The molecule has 0 bridgehead atoms. The van der Waals surface area contributed by atoms with Crippen LogP contribution >= 0.6 is 0 Å². The Hall–Kier alpha value is -0.150. The summed E-state index contributed by atoms with van der Waals surface area (Å²) in [5.74, 6) is 0. The second kappa shape index (κ2) is 5.49. The Labute approximate surface area is 73.5 Å². The van der Waals surface area contributed by atoms with Crippen molar-refractivity contribution in [3.05, 3.63) is 0 Å². The number of halogens is 1. The molecule has 0 spiro atoms. The molecule has 1 aliphatic rings. The molecule has 0 aromatic rings. The standard InChI is InChI=1S/C9H18FNO/c1-11-8-2-4-9(5-3-8)12-7-6-10/h8-9,11H,2-7H2,1H3. The van der Waals surface area contributed by atoms with E-state index in [0.29, 0.717) is 12.1 Å². The van der Waals surface area contributed by atoms with Crippen LogP contribution in [0, 0.1) is 0 Å². The zero-order valence-corrected chi connectivity index (χ0v) is 7.68. The Kier molecular flexibility index (Phi) is 4.54. The van der Waals surface area contributed by atoms with E-state index in [4.69, 9.17) is 4.74 Å². The molecule has 0 aromatic heterocycles. The van der Waals surface area contributed by atoms with Crippen molar-refractivity contribution in [1.82, 2.24) is 5.32 Å². The van der Waals surface area contributed by atoms with Gasteiger partial charge in [0, 0.05) is 6.04 Å². The third-order valence-electron chi connectivity index (χ3n) is 2.51. The monoisotopic (exact) mass is 175 g/mol. The van der Waals surface area contributed by atoms with Gasteiger partial charge in [-0.2, -0.15) is 0 Å². The van der Waals surface area contributed by atoms with Gasteiger partial charge in [-0.05, 0) is 32.7 Å². The highest BCUT2D eigenvalue weighted by molar-refractivity contribution is 4.76. The van der Waals surface area contributed by atoms with E-state index in [0.717, 1.165) is 25.7 Å². The van der Waals surface area contributed by atoms with Gasteiger partial charge in [-0.25, -0.2) is 4.39 Å². The van der Waals surface area contributed by atoms with Gasteiger partial charge in [-0.1, -0.05) is 0 Å². The van der Waals surface area contributed by atoms with Gasteiger partial charge in [-0.3, -0.25) is 0 Å². The van der Waals surface area contributed by atoms with Crippen LogP contribution in [0.3, 0.4) is 0 Å². The second-order valence-corrected chi connectivity index (χ2v) is 3.32. The Morgan fingerprint density at radius 1 is 1.33 bits per heavy atom. The number of hydrogen-bond acceptors (Lipinski definition) is 2. The molecule has 0 amide bonds. The molecule has 1 saturated carbocycles. The molecule has 0 atom stereocenters. The first kappa shape index (κ1) is 9.93. The Bertz CT molecular complexity index is 113. The van der Waals surface area contributed by atoms with E-state index in [-0.39, 0.29) is 13.3 Å². The number of nitrogens with one attached hydrogen (secondary N) is 1. The summed E-state index contributed by atoms with van der Waals surface area (Å²) in [5.41, 5.74) is 0. The SMILES string of the molecule is CNC1CCC(OCCF)CC1. The Morgan fingerprint density at radius 3 is 2.50 bits per heavy atom. The molecule has 1 aliphatic carbocycles. The zero-order valence-electron chi connectivity index (χ0n) is 7.68. The van der Waals surface area contributed by atoms with Crippen molar-refractivity contribution in [3.8, 4) is 0 Å². The lowest BCUT2D eigenvalue weighted by atomic mass is 9.93. The van der Waals surface area contributed by atoms with Crippen molar-refractivity contribution in [1.29, 1.82) is 0 Å². The molecule has 72 valence electrons. The van der Waals surface area contributed by atoms with Crippen molar-refractivity contribution in [3.63, 3.8) is 0 Å². The van der Waals surface area contributed by atoms with Crippen LogP contribution in [0.25, 0.3) is 0 Å². The van der Waals surface area contributed by atoms with Crippen molar-refractivity contribution in [2.45, 2.75) is 37.8 Å². The minimum absolute atomic E-state index is 0.273. The van der Waals surface area contributed by atoms with E-state index in [1.165, 1.54) is 0 Å². The molecule has 0 aliphatic heterocycles. The fourth-order valence-electron chi connectivity index (χ4n) is 1.73. The van der Waals surface area contributed by atoms with Crippen LogP contribution in [0.2, 0.25) is 0 Å². The molecule has 0 heterocycles. The molecule has 12 heavy (non-hydrogen) atoms. The van der Waals surface area contributed by atoms with Crippen LogP contribution < -0.4 is 5.32 Å². The molecule has 0 unspecified atom stereocenters. The molecule has 3 heteroatoms. The average Bonchev–Trinajstić information content (AvgIpc) is 2.15. The first-order valence-electron chi connectivity index (χ1n) is 4.71. The van der Waals surface area contributed by atoms with Crippen LogP contribution in [-0.4, -0.2) is 32.5 Å². The highest BCUT2D eigenvalue weighted by atomic mass is 19.1. The number of ether oxygens (including phenoxy) is 1. The predicted molar refractivity (Wildman–Crippen MR) is 47.0 cm³/mol. The zero-order chi connectivity index (χ0) is 8.81. The highest BCUT2D eigenvalue weighted by Crippen LogP contribution is 2.20. The summed E-state index contributed by atoms with van der Waals surface area (Å²) < 4.78 is 17.1. The normalized spacial score (nSPS) is 30.5. The minimum atomic E-state index is -0.355. The molecular formula is C9H18FNO. The summed E-state index contributed by atoms with van der Waals surface area (Å²) in [6.07, 6.45) is 4.78. The van der Waals surface area contributed by atoms with Gasteiger partial charge < -0.3 is 10.1 Å². The predicted octanol–water partition coefficient (Wildman–Crippen LogP) is 1.50. The Morgan fingerprint density at radius 2 is 2.00 bits per heavy atom. The molecular weight excluding hydrogens is 157 g/mol. The molecule has 0 saturated heterocycles. The second-order valence-electron chi connectivity index (χ2n) is 3.32.